The summed E-state index contributed by atoms with van der Waals surface area (Å²) in [4.78, 5) is 20.0. The molecule has 2 rings (SSSR count). The maximum Gasteiger partial charge on any atom is 0.317 e. The third-order valence-electron chi connectivity index (χ3n) is 3.44. The summed E-state index contributed by atoms with van der Waals surface area (Å²) >= 11 is 0. The Morgan fingerprint density at radius 1 is 1.08 bits per heavy atom. The van der Waals surface area contributed by atoms with Gasteiger partial charge in [0.1, 0.15) is 24.4 Å². The Labute approximate surface area is 133 Å². The average molecular weight is 346 g/mol. The van der Waals surface area contributed by atoms with Gasteiger partial charge in [0, 0.05) is 6.07 Å². The van der Waals surface area contributed by atoms with Crippen LogP contribution in [0.1, 0.15) is 0 Å². The van der Waals surface area contributed by atoms with Crippen molar-refractivity contribution in [2.45, 2.75) is 30.7 Å². The second-order valence-corrected chi connectivity index (χ2v) is 4.98. The summed E-state index contributed by atoms with van der Waals surface area (Å²) in [5.41, 5.74) is -1.29. The molecule has 1 aliphatic rings. The Kier molecular flexibility index (Phi) is 5.26. The van der Waals surface area contributed by atoms with E-state index in [1.54, 1.807) is 0 Å². The highest BCUT2D eigenvalue weighted by molar-refractivity contribution is 5.53. The normalized spacial score (nSPS) is 29.9. The highest BCUT2D eigenvalue weighted by Crippen LogP contribution is 2.33. The first-order valence-corrected chi connectivity index (χ1v) is 6.66. The lowest BCUT2D eigenvalue weighted by Crippen LogP contribution is -2.60. The van der Waals surface area contributed by atoms with Crippen LogP contribution in [-0.4, -0.2) is 67.6 Å². The number of rotatable bonds is 5. The molecule has 12 nitrogen and oxygen atoms in total. The van der Waals surface area contributed by atoms with Gasteiger partial charge in [-0.25, -0.2) is 0 Å². The van der Waals surface area contributed by atoms with Gasteiger partial charge in [0.25, 0.3) is 5.69 Å². The van der Waals surface area contributed by atoms with Gasteiger partial charge in [0.15, 0.2) is 0 Å². The number of nitrogens with zero attached hydrogens (tertiary/aromatic N) is 2. The largest absolute Gasteiger partial charge is 0.455 e. The number of nitro benzene ring substituents is 2. The number of ether oxygens (including phenoxy) is 2. The van der Waals surface area contributed by atoms with Gasteiger partial charge in [-0.3, -0.25) is 20.2 Å². The lowest BCUT2D eigenvalue weighted by atomic mass is 9.99. The van der Waals surface area contributed by atoms with E-state index < -0.39 is 64.3 Å². The lowest BCUT2D eigenvalue weighted by molar-refractivity contribution is -0.395. The molecule has 1 unspecified atom stereocenters. The van der Waals surface area contributed by atoms with E-state index in [1.807, 2.05) is 0 Å². The first-order chi connectivity index (χ1) is 11.3. The summed E-state index contributed by atoms with van der Waals surface area (Å²) in [5.74, 6) is -0.449. The van der Waals surface area contributed by atoms with E-state index in [0.29, 0.717) is 6.07 Å². The van der Waals surface area contributed by atoms with Crippen molar-refractivity contribution < 1.29 is 39.7 Å². The molecule has 0 aliphatic carbocycles. The molecule has 0 saturated carbocycles. The van der Waals surface area contributed by atoms with Crippen molar-refractivity contribution in [3.8, 4) is 5.75 Å². The zero-order chi connectivity index (χ0) is 18.0. The van der Waals surface area contributed by atoms with Gasteiger partial charge >= 0.3 is 5.69 Å². The summed E-state index contributed by atoms with van der Waals surface area (Å²) in [6.45, 7) is -0.701. The maximum atomic E-state index is 11.0. The molecule has 12 heteroatoms. The number of non-ortho nitro benzene ring substituents is 1. The van der Waals surface area contributed by atoms with Gasteiger partial charge < -0.3 is 29.9 Å². The van der Waals surface area contributed by atoms with Crippen LogP contribution in [-0.2, 0) is 4.74 Å². The van der Waals surface area contributed by atoms with Gasteiger partial charge in [0.2, 0.25) is 12.0 Å². The van der Waals surface area contributed by atoms with E-state index in [2.05, 4.69) is 0 Å². The van der Waals surface area contributed by atoms with Crippen molar-refractivity contribution in [2.75, 3.05) is 6.61 Å². The number of benzene rings is 1. The Bertz CT molecular complexity index is 636. The van der Waals surface area contributed by atoms with Gasteiger partial charge in [-0.05, 0) is 6.07 Å². The number of nitro groups is 2. The molecule has 1 heterocycles. The minimum atomic E-state index is -1.77. The van der Waals surface area contributed by atoms with Crippen molar-refractivity contribution in [3.05, 3.63) is 38.4 Å². The second-order valence-electron chi connectivity index (χ2n) is 4.98. The molecule has 5 atom stereocenters. The molecule has 1 fully saturated rings. The third-order valence-corrected chi connectivity index (χ3v) is 3.44. The molecule has 0 spiro atoms. The van der Waals surface area contributed by atoms with E-state index in [-0.39, 0.29) is 0 Å². The molecule has 1 aromatic carbocycles. The molecule has 24 heavy (non-hydrogen) atoms. The Hall–Kier alpha value is -2.38. The van der Waals surface area contributed by atoms with E-state index in [1.165, 1.54) is 0 Å². The van der Waals surface area contributed by atoms with Crippen molar-refractivity contribution in [1.82, 2.24) is 0 Å². The average Bonchev–Trinajstić information content (AvgIpc) is 2.55. The number of hydrogen-bond donors (Lipinski definition) is 4. The predicted molar refractivity (Wildman–Crippen MR) is 74.1 cm³/mol. The summed E-state index contributed by atoms with van der Waals surface area (Å²) in [6, 6.07) is 2.56. The Balaban J connectivity index is 2.29. The van der Waals surface area contributed by atoms with Crippen LogP contribution < -0.4 is 4.74 Å². The van der Waals surface area contributed by atoms with Crippen LogP contribution in [0.2, 0.25) is 0 Å². The van der Waals surface area contributed by atoms with Gasteiger partial charge in [0.05, 0.1) is 22.5 Å². The standard InChI is InChI=1S/C12H14N2O10/c15-4-8-9(16)10(17)11(18)12(24-8)23-7-2-1-5(13(19)20)3-6(7)14(21)22/h1-3,8-12,15-18H,4H2/t8-,9-,10+,11+,12?/m1/s1. The Morgan fingerprint density at radius 2 is 1.75 bits per heavy atom. The number of hydrogen-bond acceptors (Lipinski definition) is 10. The predicted octanol–water partition coefficient (Wildman–Crippen LogP) is -1.32. The maximum absolute atomic E-state index is 11.0. The first kappa shape index (κ1) is 18.0. The fourth-order valence-electron chi connectivity index (χ4n) is 2.15. The minimum Gasteiger partial charge on any atom is -0.455 e. The molecular weight excluding hydrogens is 332 g/mol. The third kappa shape index (κ3) is 3.42. The molecule has 0 bridgehead atoms. The van der Waals surface area contributed by atoms with Crippen molar-refractivity contribution in [1.29, 1.82) is 0 Å². The molecule has 0 aromatic heterocycles. The highest BCUT2D eigenvalue weighted by atomic mass is 16.7. The minimum absolute atomic E-state index is 0.449. The summed E-state index contributed by atoms with van der Waals surface area (Å²) in [7, 11) is 0. The van der Waals surface area contributed by atoms with E-state index in [0.717, 1.165) is 12.1 Å². The van der Waals surface area contributed by atoms with Gasteiger partial charge in [-0.1, -0.05) is 0 Å². The van der Waals surface area contributed by atoms with Crippen molar-refractivity contribution >= 4 is 11.4 Å². The first-order valence-electron chi connectivity index (χ1n) is 6.66. The van der Waals surface area contributed by atoms with Crippen LogP contribution in [0.4, 0.5) is 11.4 Å². The molecule has 0 amide bonds. The summed E-state index contributed by atoms with van der Waals surface area (Å²) in [5, 5.41) is 59.9. The number of aliphatic hydroxyl groups is 4. The van der Waals surface area contributed by atoms with Crippen molar-refractivity contribution in [3.63, 3.8) is 0 Å². The zero-order valence-corrected chi connectivity index (χ0v) is 12.0. The van der Waals surface area contributed by atoms with Crippen molar-refractivity contribution in [2.24, 2.45) is 0 Å². The Morgan fingerprint density at radius 3 is 2.29 bits per heavy atom. The molecule has 132 valence electrons. The van der Waals surface area contributed by atoms with E-state index in [9.17, 15) is 35.5 Å². The van der Waals surface area contributed by atoms with Gasteiger partial charge in [-0.15, -0.1) is 0 Å². The monoisotopic (exact) mass is 346 g/mol. The number of aliphatic hydroxyl groups excluding tert-OH is 4. The summed E-state index contributed by atoms with van der Waals surface area (Å²) in [6.07, 6.45) is -8.00. The molecule has 0 radical (unpaired) electrons. The molecule has 1 aliphatic heterocycles. The summed E-state index contributed by atoms with van der Waals surface area (Å²) < 4.78 is 10.2. The molecule has 1 saturated heterocycles. The van der Waals surface area contributed by atoms with Gasteiger partial charge in [-0.2, -0.15) is 0 Å². The van der Waals surface area contributed by atoms with Crippen LogP contribution in [0, 0.1) is 20.2 Å². The topological polar surface area (TPSA) is 186 Å². The molecule has 4 N–H and O–H groups in total. The van der Waals surface area contributed by atoms with Crippen LogP contribution in [0.15, 0.2) is 18.2 Å². The SMILES string of the molecule is O=[N+]([O-])c1ccc(OC2O[C@H](CO)[C@@H](O)[C@H](O)[C@@H]2O)c([N+](=O)[O-])c1. The van der Waals surface area contributed by atoms with Crippen LogP contribution in [0.5, 0.6) is 5.75 Å². The van der Waals surface area contributed by atoms with Crippen LogP contribution in [0.3, 0.4) is 0 Å². The second kappa shape index (κ2) is 7.02. The lowest BCUT2D eigenvalue weighted by Gasteiger charge is -2.39. The molecular formula is C12H14N2O10. The van der Waals surface area contributed by atoms with E-state index >= 15 is 0 Å². The molecule has 1 aromatic rings. The van der Waals surface area contributed by atoms with Crippen LogP contribution in [0.25, 0.3) is 0 Å². The van der Waals surface area contributed by atoms with E-state index in [4.69, 9.17) is 14.6 Å². The fourth-order valence-corrected chi connectivity index (χ4v) is 2.15. The highest BCUT2D eigenvalue weighted by Gasteiger charge is 2.45. The fraction of sp³-hybridized carbons (Fsp3) is 0.500. The quantitative estimate of drug-likeness (QED) is 0.368. The zero-order valence-electron chi connectivity index (χ0n) is 12.0. The smallest absolute Gasteiger partial charge is 0.317 e. The van der Waals surface area contributed by atoms with Crippen LogP contribution >= 0.6 is 0 Å².